The lowest BCUT2D eigenvalue weighted by Gasteiger charge is -2.27. The van der Waals surface area contributed by atoms with Gasteiger partial charge in [0, 0.05) is 17.4 Å². The van der Waals surface area contributed by atoms with Crippen molar-refractivity contribution in [2.45, 2.75) is 19.4 Å². The second kappa shape index (κ2) is 8.60. The number of ether oxygens (including phenoxy) is 3. The van der Waals surface area contributed by atoms with Gasteiger partial charge in [-0.15, -0.1) is 0 Å². The number of benzene rings is 3. The topological polar surface area (TPSA) is 78.1 Å². The summed E-state index contributed by atoms with van der Waals surface area (Å²) in [5.74, 6) is 1.58. The smallest absolute Gasteiger partial charge is 0.283 e. The third-order valence-electron chi connectivity index (χ3n) is 5.36. The molecule has 1 unspecified atom stereocenters. The maximum absolute atomic E-state index is 5.99. The van der Waals surface area contributed by atoms with E-state index in [1.54, 1.807) is 7.11 Å². The van der Waals surface area contributed by atoms with Crippen molar-refractivity contribution in [1.82, 2.24) is 0 Å². The summed E-state index contributed by atoms with van der Waals surface area (Å²) in [6.45, 7) is 4.85. The van der Waals surface area contributed by atoms with Gasteiger partial charge in [0.15, 0.2) is 5.54 Å². The van der Waals surface area contributed by atoms with Crippen LogP contribution in [0.25, 0.3) is 0 Å². The van der Waals surface area contributed by atoms with Crippen molar-refractivity contribution in [1.29, 1.82) is 0 Å². The lowest BCUT2D eigenvalue weighted by atomic mass is 9.83. The van der Waals surface area contributed by atoms with Crippen molar-refractivity contribution >= 4 is 17.4 Å². The number of anilines is 2. The molecule has 0 aliphatic carbocycles. The Bertz CT molecular complexity index is 1100. The van der Waals surface area contributed by atoms with Gasteiger partial charge in [0.05, 0.1) is 13.7 Å². The Balaban J connectivity index is 1.84. The van der Waals surface area contributed by atoms with Crippen molar-refractivity contribution in [2.75, 3.05) is 25.6 Å². The van der Waals surface area contributed by atoms with Gasteiger partial charge in [0.25, 0.3) is 6.02 Å². The first-order chi connectivity index (χ1) is 15.0. The molecule has 1 heterocycles. The number of nitrogens with one attached hydrogen (secondary N) is 1. The second-order valence-electron chi connectivity index (χ2n) is 7.45. The van der Waals surface area contributed by atoms with Crippen LogP contribution < -0.4 is 20.5 Å². The number of rotatable bonds is 7. The fourth-order valence-electron chi connectivity index (χ4n) is 3.88. The van der Waals surface area contributed by atoms with Gasteiger partial charge in [0.1, 0.15) is 18.1 Å². The lowest BCUT2D eigenvalue weighted by molar-refractivity contribution is 0.277. The maximum Gasteiger partial charge on any atom is 0.283 e. The van der Waals surface area contributed by atoms with E-state index in [2.05, 4.69) is 17.4 Å². The third kappa shape index (κ3) is 4.14. The first-order valence-electron chi connectivity index (χ1n) is 10.3. The first-order valence-corrected chi connectivity index (χ1v) is 10.3. The summed E-state index contributed by atoms with van der Waals surface area (Å²) in [5, 5.41) is 3.46. The minimum Gasteiger partial charge on any atom is -0.496 e. The summed E-state index contributed by atoms with van der Waals surface area (Å²) in [6, 6.07) is 22.3. The second-order valence-corrected chi connectivity index (χ2v) is 7.45. The van der Waals surface area contributed by atoms with Gasteiger partial charge in [0.2, 0.25) is 0 Å². The monoisotopic (exact) mass is 417 g/mol. The quantitative estimate of drug-likeness (QED) is 0.581. The number of hydrogen-bond donors (Lipinski definition) is 2. The highest BCUT2D eigenvalue weighted by molar-refractivity contribution is 5.76. The molecule has 1 atom stereocenters. The molecule has 6 nitrogen and oxygen atoms in total. The summed E-state index contributed by atoms with van der Waals surface area (Å²) in [4.78, 5) is 4.75. The van der Waals surface area contributed by atoms with Gasteiger partial charge in [-0.05, 0) is 66.9 Å². The van der Waals surface area contributed by atoms with Crippen LogP contribution >= 0.6 is 0 Å². The number of para-hydroxylation sites is 1. The van der Waals surface area contributed by atoms with E-state index in [1.165, 1.54) is 0 Å². The van der Waals surface area contributed by atoms with Crippen molar-refractivity contribution in [2.24, 2.45) is 10.7 Å². The molecule has 1 aliphatic heterocycles. The molecule has 160 valence electrons. The third-order valence-corrected chi connectivity index (χ3v) is 5.36. The van der Waals surface area contributed by atoms with Crippen molar-refractivity contribution < 1.29 is 14.2 Å². The molecule has 6 heteroatoms. The molecule has 1 aliphatic rings. The molecule has 3 N–H and O–H groups in total. The maximum atomic E-state index is 5.99. The van der Waals surface area contributed by atoms with Crippen LogP contribution in [0.4, 0.5) is 11.4 Å². The number of aryl methyl sites for hydroxylation is 1. The van der Waals surface area contributed by atoms with E-state index >= 15 is 0 Å². The molecular formula is C25H27N3O3. The van der Waals surface area contributed by atoms with E-state index in [1.807, 2.05) is 68.4 Å². The summed E-state index contributed by atoms with van der Waals surface area (Å²) in [6.07, 6.45) is 0. The van der Waals surface area contributed by atoms with E-state index < -0.39 is 5.54 Å². The molecule has 0 radical (unpaired) electrons. The summed E-state index contributed by atoms with van der Waals surface area (Å²) in [7, 11) is 1.67. The number of amidine groups is 1. The van der Waals surface area contributed by atoms with Gasteiger partial charge in [-0.2, -0.15) is 0 Å². The Morgan fingerprint density at radius 1 is 1.03 bits per heavy atom. The van der Waals surface area contributed by atoms with Crippen LogP contribution in [-0.4, -0.2) is 26.3 Å². The summed E-state index contributed by atoms with van der Waals surface area (Å²) in [5.41, 5.74) is 10.0. The highest BCUT2D eigenvalue weighted by Gasteiger charge is 2.41. The zero-order valence-corrected chi connectivity index (χ0v) is 18.0. The fourth-order valence-corrected chi connectivity index (χ4v) is 3.88. The van der Waals surface area contributed by atoms with Crippen LogP contribution in [-0.2, 0) is 10.3 Å². The first kappa shape index (κ1) is 20.6. The van der Waals surface area contributed by atoms with Gasteiger partial charge in [-0.1, -0.05) is 24.3 Å². The number of nitrogens with two attached hydrogens (primary N) is 1. The number of hydrogen-bond acceptors (Lipinski definition) is 6. The van der Waals surface area contributed by atoms with E-state index in [4.69, 9.17) is 24.9 Å². The zero-order chi connectivity index (χ0) is 21.8. The van der Waals surface area contributed by atoms with Crippen molar-refractivity contribution in [3.05, 3.63) is 83.4 Å². The van der Waals surface area contributed by atoms with Crippen LogP contribution in [0.5, 0.6) is 11.5 Å². The average molecular weight is 418 g/mol. The van der Waals surface area contributed by atoms with Crippen LogP contribution in [0.15, 0.2) is 71.7 Å². The SMILES string of the molecule is CCOc1cc(Nc2ccccc2)cc(C2(c3ccc(OC)c(C)c3)COC(N)=N2)c1. The van der Waals surface area contributed by atoms with E-state index in [0.29, 0.717) is 13.2 Å². The Kier molecular flexibility index (Phi) is 5.71. The van der Waals surface area contributed by atoms with E-state index in [-0.39, 0.29) is 6.02 Å². The van der Waals surface area contributed by atoms with E-state index in [9.17, 15) is 0 Å². The number of aliphatic imine (C=N–C) groups is 1. The predicted octanol–water partition coefficient (Wildman–Crippen LogP) is 4.73. The van der Waals surface area contributed by atoms with Crippen molar-refractivity contribution in [3.8, 4) is 11.5 Å². The van der Waals surface area contributed by atoms with E-state index in [0.717, 1.165) is 39.6 Å². The van der Waals surface area contributed by atoms with Crippen molar-refractivity contribution in [3.63, 3.8) is 0 Å². The van der Waals surface area contributed by atoms with Gasteiger partial charge >= 0.3 is 0 Å². The lowest BCUT2D eigenvalue weighted by Crippen LogP contribution is -2.27. The van der Waals surface area contributed by atoms with Gasteiger partial charge < -0.3 is 25.3 Å². The minimum absolute atomic E-state index is 0.174. The van der Waals surface area contributed by atoms with Gasteiger partial charge in [-0.25, -0.2) is 4.99 Å². The molecule has 0 aromatic heterocycles. The molecule has 3 aromatic carbocycles. The fraction of sp³-hybridized carbons (Fsp3) is 0.240. The molecule has 0 saturated carbocycles. The molecule has 0 spiro atoms. The molecule has 31 heavy (non-hydrogen) atoms. The Morgan fingerprint density at radius 2 is 1.84 bits per heavy atom. The normalized spacial score (nSPS) is 17.6. The summed E-state index contributed by atoms with van der Waals surface area (Å²) >= 11 is 0. The van der Waals surface area contributed by atoms with Crippen LogP contribution in [0, 0.1) is 6.92 Å². The molecule has 4 rings (SSSR count). The van der Waals surface area contributed by atoms with Crippen LogP contribution in [0.1, 0.15) is 23.6 Å². The highest BCUT2D eigenvalue weighted by Crippen LogP contribution is 2.41. The average Bonchev–Trinajstić information content (AvgIpc) is 3.17. The number of methoxy groups -OCH3 is 1. The predicted molar refractivity (Wildman–Crippen MR) is 123 cm³/mol. The van der Waals surface area contributed by atoms with Crippen LogP contribution in [0.3, 0.4) is 0 Å². The van der Waals surface area contributed by atoms with Crippen LogP contribution in [0.2, 0.25) is 0 Å². The molecular weight excluding hydrogens is 390 g/mol. The largest absolute Gasteiger partial charge is 0.496 e. The molecule has 3 aromatic rings. The van der Waals surface area contributed by atoms with Gasteiger partial charge in [-0.3, -0.25) is 0 Å². The number of nitrogens with zero attached hydrogens (tertiary/aromatic N) is 1. The Morgan fingerprint density at radius 3 is 2.48 bits per heavy atom. The molecule has 0 amide bonds. The molecule has 0 fully saturated rings. The standard InChI is InChI=1S/C25H27N3O3/c1-4-30-22-14-19(13-21(15-22)27-20-8-6-5-7-9-20)25(16-31-24(26)28-25)18-10-11-23(29-3)17(2)12-18/h5-15,27H,4,16H2,1-3H3,(H2,26,28). The molecule has 0 bridgehead atoms. The Labute approximate surface area is 182 Å². The Hall–Kier alpha value is -3.67. The highest BCUT2D eigenvalue weighted by atomic mass is 16.5. The zero-order valence-electron chi connectivity index (χ0n) is 18.0. The molecule has 0 saturated heterocycles. The minimum atomic E-state index is -0.776. The summed E-state index contributed by atoms with van der Waals surface area (Å²) < 4.78 is 17.0.